The Balaban J connectivity index is 1.80. The van der Waals surface area contributed by atoms with E-state index in [0.29, 0.717) is 30.6 Å². The van der Waals surface area contributed by atoms with E-state index in [0.717, 1.165) is 25.7 Å². The van der Waals surface area contributed by atoms with E-state index >= 15 is 0 Å². The minimum atomic E-state index is -0.678. The largest absolute Gasteiger partial charge is 0.393 e. The van der Waals surface area contributed by atoms with E-state index in [-0.39, 0.29) is 28.6 Å². The number of fused-ring (bicyclic) bond motifs is 5. The van der Waals surface area contributed by atoms with Crippen LogP contribution in [-0.4, -0.2) is 27.7 Å². The second-order valence-electron chi connectivity index (χ2n) is 9.95. The molecule has 3 fully saturated rings. The summed E-state index contributed by atoms with van der Waals surface area (Å²) >= 11 is 0. The highest BCUT2D eigenvalue weighted by Gasteiger charge is 2.66. The minimum Gasteiger partial charge on any atom is -0.393 e. The lowest BCUT2D eigenvalue weighted by molar-refractivity contribution is -0.176. The molecule has 0 bridgehead atoms. The lowest BCUT2D eigenvalue weighted by Gasteiger charge is -2.62. The molecule has 3 nitrogen and oxygen atoms in total. The van der Waals surface area contributed by atoms with Gasteiger partial charge in [0.15, 0.2) is 5.78 Å². The third-order valence-corrected chi connectivity index (χ3v) is 8.81. The van der Waals surface area contributed by atoms with Crippen molar-refractivity contribution >= 4 is 5.78 Å². The zero-order valence-corrected chi connectivity index (χ0v) is 15.5. The summed E-state index contributed by atoms with van der Waals surface area (Å²) in [5.74, 6) is 1.88. The van der Waals surface area contributed by atoms with E-state index in [1.165, 1.54) is 5.57 Å². The standard InChI is InChI=1S/C21H32O3/c1-12-9-13-10-14(22)5-7-19(13,2)18-16(23)11-20(3)15(17(12)18)6-8-21(20,4)24/h10,12,15-18,23-24H,5-9,11H2,1-4H3/t12-,15?,16?,17?,18?,19?,20?,21+/m1/s1. The Bertz CT molecular complexity index is 606. The predicted octanol–water partition coefficient (Wildman–Crippen LogP) is 3.49. The Morgan fingerprint density at radius 2 is 1.92 bits per heavy atom. The molecule has 0 aromatic rings. The Morgan fingerprint density at radius 1 is 1.21 bits per heavy atom. The lowest BCUT2D eigenvalue weighted by atomic mass is 9.43. The van der Waals surface area contributed by atoms with Gasteiger partial charge in [-0.1, -0.05) is 26.3 Å². The Morgan fingerprint density at radius 3 is 2.62 bits per heavy atom. The molecular weight excluding hydrogens is 300 g/mol. The number of hydrogen-bond donors (Lipinski definition) is 2. The molecule has 24 heavy (non-hydrogen) atoms. The molecule has 3 saturated carbocycles. The number of aliphatic hydroxyl groups is 2. The first-order valence-electron chi connectivity index (χ1n) is 9.74. The smallest absolute Gasteiger partial charge is 0.155 e. The molecule has 3 heteroatoms. The predicted molar refractivity (Wildman–Crippen MR) is 93.3 cm³/mol. The molecule has 0 aliphatic heterocycles. The molecule has 4 aliphatic carbocycles. The number of carbonyl (C=O) groups is 1. The van der Waals surface area contributed by atoms with E-state index < -0.39 is 5.60 Å². The van der Waals surface area contributed by atoms with E-state index in [4.69, 9.17) is 0 Å². The fraction of sp³-hybridized carbons (Fsp3) is 0.857. The molecule has 0 radical (unpaired) electrons. The number of hydrogen-bond acceptors (Lipinski definition) is 3. The van der Waals surface area contributed by atoms with E-state index in [1.807, 2.05) is 13.0 Å². The molecular formula is C21H32O3. The average molecular weight is 332 g/mol. The molecule has 6 unspecified atom stereocenters. The normalized spacial score (nSPS) is 57.0. The lowest BCUT2D eigenvalue weighted by Crippen LogP contribution is -2.61. The average Bonchev–Trinajstić information content (AvgIpc) is 2.71. The van der Waals surface area contributed by atoms with Crippen molar-refractivity contribution in [1.82, 2.24) is 0 Å². The van der Waals surface area contributed by atoms with Crippen LogP contribution in [0.5, 0.6) is 0 Å². The molecule has 0 heterocycles. The molecule has 0 amide bonds. The summed E-state index contributed by atoms with van der Waals surface area (Å²) in [4.78, 5) is 12.0. The van der Waals surface area contributed by atoms with Crippen LogP contribution in [-0.2, 0) is 4.79 Å². The number of allylic oxidation sites excluding steroid dienone is 1. The first-order valence-corrected chi connectivity index (χ1v) is 9.74. The third kappa shape index (κ3) is 1.94. The molecule has 134 valence electrons. The highest BCUT2D eigenvalue weighted by molar-refractivity contribution is 5.91. The van der Waals surface area contributed by atoms with Crippen LogP contribution in [0.2, 0.25) is 0 Å². The van der Waals surface area contributed by atoms with Crippen LogP contribution in [0.4, 0.5) is 0 Å². The van der Waals surface area contributed by atoms with Crippen LogP contribution in [0, 0.1) is 34.5 Å². The number of ketones is 1. The monoisotopic (exact) mass is 332 g/mol. The Labute approximate surface area is 145 Å². The van der Waals surface area contributed by atoms with Gasteiger partial charge in [-0.05, 0) is 74.2 Å². The third-order valence-electron chi connectivity index (χ3n) is 8.81. The summed E-state index contributed by atoms with van der Waals surface area (Å²) in [5, 5.41) is 22.2. The van der Waals surface area contributed by atoms with Gasteiger partial charge in [0.2, 0.25) is 0 Å². The van der Waals surface area contributed by atoms with Crippen molar-refractivity contribution in [2.75, 3.05) is 0 Å². The summed E-state index contributed by atoms with van der Waals surface area (Å²) in [7, 11) is 0. The van der Waals surface area contributed by atoms with Crippen molar-refractivity contribution in [3.8, 4) is 0 Å². The molecule has 0 aromatic carbocycles. The van der Waals surface area contributed by atoms with Gasteiger partial charge >= 0.3 is 0 Å². The fourth-order valence-corrected chi connectivity index (χ4v) is 7.23. The van der Waals surface area contributed by atoms with Crippen molar-refractivity contribution in [2.45, 2.75) is 77.9 Å². The second-order valence-corrected chi connectivity index (χ2v) is 9.95. The first kappa shape index (κ1) is 16.8. The number of rotatable bonds is 0. The van der Waals surface area contributed by atoms with Crippen LogP contribution in [0.3, 0.4) is 0 Å². The van der Waals surface area contributed by atoms with Crippen molar-refractivity contribution in [1.29, 1.82) is 0 Å². The zero-order chi connectivity index (χ0) is 17.5. The van der Waals surface area contributed by atoms with Gasteiger partial charge in [0.1, 0.15) is 0 Å². The molecule has 2 N–H and O–H groups in total. The van der Waals surface area contributed by atoms with Crippen molar-refractivity contribution in [3.05, 3.63) is 11.6 Å². The summed E-state index contributed by atoms with van der Waals surface area (Å²) in [5.41, 5.74) is 0.368. The zero-order valence-electron chi connectivity index (χ0n) is 15.5. The summed E-state index contributed by atoms with van der Waals surface area (Å²) in [6, 6.07) is 0. The van der Waals surface area contributed by atoms with Crippen LogP contribution in [0.25, 0.3) is 0 Å². The van der Waals surface area contributed by atoms with Gasteiger partial charge in [0.25, 0.3) is 0 Å². The van der Waals surface area contributed by atoms with Gasteiger partial charge in [-0.2, -0.15) is 0 Å². The highest BCUT2D eigenvalue weighted by atomic mass is 16.3. The van der Waals surface area contributed by atoms with Gasteiger partial charge in [0, 0.05) is 11.8 Å². The van der Waals surface area contributed by atoms with Crippen LogP contribution in [0.15, 0.2) is 11.6 Å². The van der Waals surface area contributed by atoms with Crippen LogP contribution in [0.1, 0.15) is 66.2 Å². The van der Waals surface area contributed by atoms with Crippen molar-refractivity contribution in [2.24, 2.45) is 34.5 Å². The highest BCUT2D eigenvalue weighted by Crippen LogP contribution is 2.68. The van der Waals surface area contributed by atoms with Crippen LogP contribution < -0.4 is 0 Å². The Kier molecular flexibility index (Phi) is 3.46. The quantitative estimate of drug-likeness (QED) is 0.714. The van der Waals surface area contributed by atoms with Gasteiger partial charge < -0.3 is 10.2 Å². The van der Waals surface area contributed by atoms with Gasteiger partial charge in [0.05, 0.1) is 11.7 Å². The Hall–Kier alpha value is -0.670. The summed E-state index contributed by atoms with van der Waals surface area (Å²) < 4.78 is 0. The van der Waals surface area contributed by atoms with E-state index in [9.17, 15) is 15.0 Å². The number of carbonyl (C=O) groups excluding carboxylic acids is 1. The maximum absolute atomic E-state index is 12.0. The second kappa shape index (κ2) is 4.94. The van der Waals surface area contributed by atoms with E-state index in [1.54, 1.807) is 0 Å². The molecule has 0 saturated heterocycles. The molecule has 8 atom stereocenters. The minimum absolute atomic E-state index is 0.0414. The first-order chi connectivity index (χ1) is 11.1. The number of aliphatic hydroxyl groups excluding tert-OH is 1. The topological polar surface area (TPSA) is 57.5 Å². The van der Waals surface area contributed by atoms with Crippen molar-refractivity contribution in [3.63, 3.8) is 0 Å². The van der Waals surface area contributed by atoms with E-state index in [2.05, 4.69) is 20.8 Å². The summed E-state index contributed by atoms with van der Waals surface area (Å²) in [6.45, 7) is 8.76. The molecule has 4 rings (SSSR count). The summed E-state index contributed by atoms with van der Waals surface area (Å²) in [6.07, 6.45) is 6.57. The molecule has 0 aromatic heterocycles. The van der Waals surface area contributed by atoms with Gasteiger partial charge in [-0.15, -0.1) is 0 Å². The van der Waals surface area contributed by atoms with Crippen molar-refractivity contribution < 1.29 is 15.0 Å². The maximum Gasteiger partial charge on any atom is 0.155 e. The molecule has 0 spiro atoms. The van der Waals surface area contributed by atoms with Crippen LogP contribution >= 0.6 is 0 Å². The van der Waals surface area contributed by atoms with Gasteiger partial charge in [-0.3, -0.25) is 4.79 Å². The SMILES string of the molecule is C[C@@H]1CC2=CC(=O)CCC2(C)C2C(O)CC3(C)C(CC[C@]3(C)O)C21. The van der Waals surface area contributed by atoms with Gasteiger partial charge in [-0.25, -0.2) is 0 Å². The molecule has 4 aliphatic rings. The fourth-order valence-electron chi connectivity index (χ4n) is 7.23. The maximum atomic E-state index is 12.0.